The summed E-state index contributed by atoms with van der Waals surface area (Å²) in [4.78, 5) is 27.1. The molecule has 6 nitrogen and oxygen atoms in total. The van der Waals surface area contributed by atoms with Gasteiger partial charge in [-0.2, -0.15) is 5.10 Å². The average Bonchev–Trinajstić information content (AvgIpc) is 2.52. The third kappa shape index (κ3) is 4.54. The van der Waals surface area contributed by atoms with Crippen LogP contribution in [0.4, 0.5) is 5.69 Å². The summed E-state index contributed by atoms with van der Waals surface area (Å²) in [6.07, 6.45) is 4.55. The number of carbonyl (C=O) groups excluding carboxylic acids is 2. The van der Waals surface area contributed by atoms with E-state index in [4.69, 9.17) is 23.2 Å². The first kappa shape index (κ1) is 15.9. The van der Waals surface area contributed by atoms with Gasteiger partial charge >= 0.3 is 11.8 Å². The number of halogens is 2. The Labute approximate surface area is 136 Å². The van der Waals surface area contributed by atoms with E-state index < -0.39 is 11.8 Å². The SMILES string of the molecule is O=C(N/N=C/c1cccnc1)C(=O)Nc1ccc(Cl)c(Cl)c1. The fourth-order valence-electron chi connectivity index (χ4n) is 1.43. The fourth-order valence-corrected chi connectivity index (χ4v) is 1.73. The number of hydrogen-bond acceptors (Lipinski definition) is 4. The number of nitrogens with one attached hydrogen (secondary N) is 2. The second-order valence-corrected chi connectivity index (χ2v) is 4.88. The molecule has 0 saturated heterocycles. The van der Waals surface area contributed by atoms with Crippen LogP contribution in [0.1, 0.15) is 5.56 Å². The number of anilines is 1. The molecule has 22 heavy (non-hydrogen) atoms. The van der Waals surface area contributed by atoms with Crippen molar-refractivity contribution in [2.75, 3.05) is 5.32 Å². The summed E-state index contributed by atoms with van der Waals surface area (Å²) in [5, 5.41) is 6.67. The number of aromatic nitrogens is 1. The van der Waals surface area contributed by atoms with E-state index in [0.29, 0.717) is 16.3 Å². The highest BCUT2D eigenvalue weighted by molar-refractivity contribution is 6.42. The molecule has 1 heterocycles. The van der Waals surface area contributed by atoms with Crippen LogP contribution in [0.3, 0.4) is 0 Å². The Morgan fingerprint density at radius 1 is 1.14 bits per heavy atom. The lowest BCUT2D eigenvalue weighted by molar-refractivity contribution is -0.136. The van der Waals surface area contributed by atoms with Crippen LogP contribution < -0.4 is 10.7 Å². The van der Waals surface area contributed by atoms with Crippen LogP contribution in [0.5, 0.6) is 0 Å². The third-order valence-corrected chi connectivity index (χ3v) is 3.19. The van der Waals surface area contributed by atoms with Gasteiger partial charge in [0.1, 0.15) is 0 Å². The second kappa shape index (κ2) is 7.53. The summed E-state index contributed by atoms with van der Waals surface area (Å²) < 4.78 is 0. The number of carbonyl (C=O) groups is 2. The van der Waals surface area contributed by atoms with Crippen molar-refractivity contribution >= 4 is 46.9 Å². The largest absolute Gasteiger partial charge is 0.329 e. The van der Waals surface area contributed by atoms with Gasteiger partial charge in [-0.05, 0) is 24.3 Å². The van der Waals surface area contributed by atoms with Crippen LogP contribution in [0.2, 0.25) is 10.0 Å². The molecule has 112 valence electrons. The van der Waals surface area contributed by atoms with E-state index in [9.17, 15) is 9.59 Å². The molecule has 0 atom stereocenters. The minimum absolute atomic E-state index is 0.273. The lowest BCUT2D eigenvalue weighted by Gasteiger charge is -2.05. The van der Waals surface area contributed by atoms with E-state index in [2.05, 4.69) is 20.8 Å². The van der Waals surface area contributed by atoms with Crippen molar-refractivity contribution in [3.8, 4) is 0 Å². The van der Waals surface area contributed by atoms with Gasteiger partial charge in [-0.15, -0.1) is 0 Å². The van der Waals surface area contributed by atoms with Gasteiger partial charge in [0.2, 0.25) is 0 Å². The summed E-state index contributed by atoms with van der Waals surface area (Å²) in [5.74, 6) is -1.78. The van der Waals surface area contributed by atoms with E-state index >= 15 is 0 Å². The second-order valence-electron chi connectivity index (χ2n) is 4.07. The Morgan fingerprint density at radius 2 is 1.95 bits per heavy atom. The molecule has 0 aliphatic rings. The van der Waals surface area contributed by atoms with Crippen LogP contribution in [0.15, 0.2) is 47.8 Å². The molecule has 1 aromatic carbocycles. The maximum atomic E-state index is 11.7. The highest BCUT2D eigenvalue weighted by atomic mass is 35.5. The Kier molecular flexibility index (Phi) is 5.46. The van der Waals surface area contributed by atoms with E-state index in [1.54, 1.807) is 24.5 Å². The topological polar surface area (TPSA) is 83.5 Å². The lowest BCUT2D eigenvalue weighted by Crippen LogP contribution is -2.32. The third-order valence-electron chi connectivity index (χ3n) is 2.45. The molecule has 2 aromatic rings. The minimum Gasteiger partial charge on any atom is -0.318 e. The van der Waals surface area contributed by atoms with Gasteiger partial charge in [-0.1, -0.05) is 29.3 Å². The average molecular weight is 337 g/mol. The molecule has 0 bridgehead atoms. The highest BCUT2D eigenvalue weighted by Crippen LogP contribution is 2.24. The number of nitrogens with zero attached hydrogens (tertiary/aromatic N) is 2. The van der Waals surface area contributed by atoms with E-state index in [0.717, 1.165) is 0 Å². The zero-order chi connectivity index (χ0) is 15.9. The maximum Gasteiger partial charge on any atom is 0.329 e. The minimum atomic E-state index is -0.911. The quantitative estimate of drug-likeness (QED) is 0.513. The van der Waals surface area contributed by atoms with Gasteiger partial charge in [-0.25, -0.2) is 5.43 Å². The lowest BCUT2D eigenvalue weighted by atomic mass is 10.3. The molecule has 8 heteroatoms. The Bertz CT molecular complexity index is 720. The zero-order valence-electron chi connectivity index (χ0n) is 11.1. The van der Waals surface area contributed by atoms with Crippen LogP contribution in [-0.2, 0) is 9.59 Å². The summed E-state index contributed by atoms with van der Waals surface area (Å²) in [6.45, 7) is 0. The first-order valence-electron chi connectivity index (χ1n) is 6.06. The van der Waals surface area contributed by atoms with Crippen molar-refractivity contribution in [2.45, 2.75) is 0 Å². The molecule has 0 spiro atoms. The van der Waals surface area contributed by atoms with Gasteiger partial charge in [0.25, 0.3) is 0 Å². The van der Waals surface area contributed by atoms with Crippen LogP contribution in [0.25, 0.3) is 0 Å². The molecular formula is C14H10Cl2N4O2. The van der Waals surface area contributed by atoms with Crippen molar-refractivity contribution < 1.29 is 9.59 Å². The predicted octanol–water partition coefficient (Wildman–Crippen LogP) is 2.48. The number of hydrazone groups is 1. The number of rotatable bonds is 3. The molecule has 0 fully saturated rings. The van der Waals surface area contributed by atoms with Gasteiger partial charge in [0, 0.05) is 23.6 Å². The number of benzene rings is 1. The Morgan fingerprint density at radius 3 is 2.64 bits per heavy atom. The molecule has 2 amide bonds. The summed E-state index contributed by atoms with van der Waals surface area (Å²) in [5.41, 5.74) is 3.15. The molecule has 0 aliphatic heterocycles. The molecule has 0 aliphatic carbocycles. The van der Waals surface area contributed by atoms with Crippen molar-refractivity contribution in [3.05, 3.63) is 58.3 Å². The normalized spacial score (nSPS) is 10.5. The van der Waals surface area contributed by atoms with Crippen molar-refractivity contribution in [1.82, 2.24) is 10.4 Å². The molecule has 0 radical (unpaired) electrons. The first-order chi connectivity index (χ1) is 10.6. The van der Waals surface area contributed by atoms with E-state index in [1.807, 2.05) is 0 Å². The van der Waals surface area contributed by atoms with Crippen LogP contribution in [-0.4, -0.2) is 23.0 Å². The molecule has 2 rings (SSSR count). The molecule has 0 saturated carbocycles. The van der Waals surface area contributed by atoms with E-state index in [-0.39, 0.29) is 5.02 Å². The summed E-state index contributed by atoms with van der Waals surface area (Å²) >= 11 is 11.6. The first-order valence-corrected chi connectivity index (χ1v) is 6.81. The number of amides is 2. The van der Waals surface area contributed by atoms with Gasteiger partial charge < -0.3 is 5.32 Å². The van der Waals surface area contributed by atoms with Gasteiger partial charge in [0.05, 0.1) is 16.3 Å². The molecule has 2 N–H and O–H groups in total. The van der Waals surface area contributed by atoms with Crippen molar-refractivity contribution in [3.63, 3.8) is 0 Å². The maximum absolute atomic E-state index is 11.7. The summed E-state index contributed by atoms with van der Waals surface area (Å²) in [7, 11) is 0. The van der Waals surface area contributed by atoms with Crippen molar-refractivity contribution in [2.24, 2.45) is 5.10 Å². The van der Waals surface area contributed by atoms with Gasteiger partial charge in [0.15, 0.2) is 0 Å². The Balaban J connectivity index is 1.90. The van der Waals surface area contributed by atoms with E-state index in [1.165, 1.54) is 24.4 Å². The number of hydrogen-bond donors (Lipinski definition) is 2. The van der Waals surface area contributed by atoms with Crippen LogP contribution in [0, 0.1) is 0 Å². The van der Waals surface area contributed by atoms with Crippen LogP contribution >= 0.6 is 23.2 Å². The summed E-state index contributed by atoms with van der Waals surface area (Å²) in [6, 6.07) is 7.95. The van der Waals surface area contributed by atoms with Gasteiger partial charge in [-0.3, -0.25) is 14.6 Å². The predicted molar refractivity (Wildman–Crippen MR) is 85.1 cm³/mol. The zero-order valence-corrected chi connectivity index (χ0v) is 12.6. The van der Waals surface area contributed by atoms with Crippen molar-refractivity contribution in [1.29, 1.82) is 0 Å². The fraction of sp³-hybridized carbons (Fsp3) is 0. The monoisotopic (exact) mass is 336 g/mol. The molecule has 0 unspecified atom stereocenters. The molecular weight excluding hydrogens is 327 g/mol. The highest BCUT2D eigenvalue weighted by Gasteiger charge is 2.13. The standard InChI is InChI=1S/C14H10Cl2N4O2/c15-11-4-3-10(6-12(11)16)19-13(21)14(22)20-18-8-9-2-1-5-17-7-9/h1-8H,(H,19,21)(H,20,22)/b18-8+. The number of pyridine rings is 1. The smallest absolute Gasteiger partial charge is 0.318 e. The Hall–Kier alpha value is -2.44. The molecule has 1 aromatic heterocycles.